The highest BCUT2D eigenvalue weighted by Crippen LogP contribution is 2.06. The van der Waals surface area contributed by atoms with E-state index in [2.05, 4.69) is 17.6 Å². The normalized spacial score (nSPS) is 8.12. The van der Waals surface area contributed by atoms with E-state index in [1.807, 2.05) is 0 Å². The van der Waals surface area contributed by atoms with Crippen molar-refractivity contribution in [3.63, 3.8) is 0 Å². The lowest BCUT2D eigenvalue weighted by Crippen LogP contribution is -1.94. The van der Waals surface area contributed by atoms with Crippen molar-refractivity contribution in [3.05, 3.63) is 36.8 Å². The number of aliphatic hydroxyl groups excluding tert-OH is 2. The van der Waals surface area contributed by atoms with Gasteiger partial charge in [-0.15, -0.1) is 13.2 Å². The molecule has 1 rings (SSSR count). The molecule has 17 heavy (non-hydrogen) atoms. The molecule has 0 saturated heterocycles. The van der Waals surface area contributed by atoms with Gasteiger partial charge in [0, 0.05) is 0 Å². The molecular formula is C10H14O7. The molecular weight excluding hydrogens is 232 g/mol. The molecule has 7 heteroatoms. The van der Waals surface area contributed by atoms with Crippen molar-refractivity contribution in [3.8, 4) is 0 Å². The van der Waals surface area contributed by atoms with E-state index in [1.165, 1.54) is 0 Å². The number of hydrogen-bond acceptors (Lipinski definition) is 5. The Labute approximate surface area is 97.2 Å². The summed E-state index contributed by atoms with van der Waals surface area (Å²) in [6.45, 7) is 5.75. The van der Waals surface area contributed by atoms with Gasteiger partial charge >= 0.3 is 11.9 Å². The van der Waals surface area contributed by atoms with Gasteiger partial charge in [-0.3, -0.25) is 0 Å². The first-order chi connectivity index (χ1) is 8.02. The Bertz CT molecular complexity index is 312. The van der Waals surface area contributed by atoms with Crippen LogP contribution in [0.3, 0.4) is 0 Å². The maximum atomic E-state index is 10.2. The number of carbonyl (C=O) groups is 2. The molecule has 0 atom stereocenters. The molecule has 0 spiro atoms. The van der Waals surface area contributed by atoms with Crippen LogP contribution in [0.5, 0.6) is 0 Å². The van der Waals surface area contributed by atoms with Gasteiger partial charge in [0.25, 0.3) is 0 Å². The fraction of sp³-hybridized carbons (Fsp3) is 0.200. The van der Waals surface area contributed by atoms with Gasteiger partial charge in [0.1, 0.15) is 0 Å². The van der Waals surface area contributed by atoms with E-state index in [0.29, 0.717) is 0 Å². The number of rotatable bonds is 3. The Balaban J connectivity index is 0. The number of aliphatic hydroxyl groups is 2. The summed E-state index contributed by atoms with van der Waals surface area (Å²) in [5.41, 5.74) is 0. The Kier molecular flexibility index (Phi) is 10.6. The smallest absolute Gasteiger partial charge is 0.371 e. The summed E-state index contributed by atoms with van der Waals surface area (Å²) in [5, 5.41) is 31.8. The zero-order valence-corrected chi connectivity index (χ0v) is 9.00. The minimum absolute atomic E-state index is 0.125. The van der Waals surface area contributed by atoms with Crippen LogP contribution < -0.4 is 0 Å². The van der Waals surface area contributed by atoms with E-state index in [4.69, 9.17) is 20.4 Å². The van der Waals surface area contributed by atoms with Crippen LogP contribution >= 0.6 is 0 Å². The third-order valence-corrected chi connectivity index (χ3v) is 1.13. The first-order valence-electron chi connectivity index (χ1n) is 4.31. The number of furan rings is 1. The maximum absolute atomic E-state index is 10.2. The van der Waals surface area contributed by atoms with Gasteiger partial charge in [-0.2, -0.15) is 0 Å². The summed E-state index contributed by atoms with van der Waals surface area (Å²) in [6, 6.07) is 2.18. The second-order valence-electron chi connectivity index (χ2n) is 2.22. The van der Waals surface area contributed by atoms with Crippen molar-refractivity contribution in [1.82, 2.24) is 0 Å². The standard InChI is InChI=1S/C6H4O5.C2H6O2.C2H4/c7-5(8)3-1-2-4(11-3)6(9)10;3-1-2-4;1-2/h1-2H,(H,7,8)(H,9,10);3-4H,1-2H2;1-2H2. The molecule has 0 bridgehead atoms. The van der Waals surface area contributed by atoms with Crippen LogP contribution in [-0.2, 0) is 0 Å². The van der Waals surface area contributed by atoms with Crippen molar-refractivity contribution >= 4 is 11.9 Å². The second-order valence-corrected chi connectivity index (χ2v) is 2.22. The second kappa shape index (κ2) is 10.4. The van der Waals surface area contributed by atoms with Crippen LogP contribution in [-0.4, -0.2) is 45.6 Å². The number of aromatic carboxylic acids is 2. The predicted octanol–water partition coefficient (Wildman–Crippen LogP) is 0.449. The SMILES string of the molecule is C=C.O=C(O)c1ccc(C(=O)O)o1.OCCO. The monoisotopic (exact) mass is 246 g/mol. The summed E-state index contributed by atoms with van der Waals surface area (Å²) in [4.78, 5) is 20.3. The lowest BCUT2D eigenvalue weighted by atomic mass is 10.4. The molecule has 7 nitrogen and oxygen atoms in total. The van der Waals surface area contributed by atoms with Crippen molar-refractivity contribution < 1.29 is 34.4 Å². The van der Waals surface area contributed by atoms with E-state index >= 15 is 0 Å². The maximum Gasteiger partial charge on any atom is 0.371 e. The summed E-state index contributed by atoms with van der Waals surface area (Å²) < 4.78 is 4.41. The van der Waals surface area contributed by atoms with Gasteiger partial charge in [-0.05, 0) is 12.1 Å². The van der Waals surface area contributed by atoms with E-state index in [1.54, 1.807) is 0 Å². The van der Waals surface area contributed by atoms with Gasteiger partial charge in [-0.1, -0.05) is 0 Å². The summed E-state index contributed by atoms with van der Waals surface area (Å²) in [6.07, 6.45) is 0. The Morgan fingerprint density at radius 1 is 1.00 bits per heavy atom. The average molecular weight is 246 g/mol. The van der Waals surface area contributed by atoms with Crippen molar-refractivity contribution in [1.29, 1.82) is 0 Å². The highest BCUT2D eigenvalue weighted by molar-refractivity contribution is 5.88. The molecule has 96 valence electrons. The minimum Gasteiger partial charge on any atom is -0.475 e. The van der Waals surface area contributed by atoms with E-state index in [-0.39, 0.29) is 24.7 Å². The van der Waals surface area contributed by atoms with Gasteiger partial charge in [-0.25, -0.2) is 9.59 Å². The molecule has 0 radical (unpaired) electrons. The minimum atomic E-state index is -1.28. The Morgan fingerprint density at radius 3 is 1.41 bits per heavy atom. The molecule has 0 aromatic carbocycles. The zero-order valence-electron chi connectivity index (χ0n) is 9.00. The number of carboxylic acid groups (broad SMARTS) is 2. The first kappa shape index (κ1) is 17.3. The third-order valence-electron chi connectivity index (χ3n) is 1.13. The Morgan fingerprint density at radius 2 is 1.29 bits per heavy atom. The summed E-state index contributed by atoms with van der Waals surface area (Å²) >= 11 is 0. The van der Waals surface area contributed by atoms with Gasteiger partial charge in [0.2, 0.25) is 11.5 Å². The van der Waals surface area contributed by atoms with Gasteiger partial charge < -0.3 is 24.8 Å². The summed E-state index contributed by atoms with van der Waals surface area (Å²) in [7, 11) is 0. The predicted molar refractivity (Wildman–Crippen MR) is 58.1 cm³/mol. The summed E-state index contributed by atoms with van der Waals surface area (Å²) in [5.74, 6) is -3.31. The van der Waals surface area contributed by atoms with Crippen LogP contribution in [0.2, 0.25) is 0 Å². The van der Waals surface area contributed by atoms with Crippen molar-refractivity contribution in [2.24, 2.45) is 0 Å². The molecule has 4 N–H and O–H groups in total. The topological polar surface area (TPSA) is 128 Å². The quantitative estimate of drug-likeness (QED) is 0.570. The van der Waals surface area contributed by atoms with E-state index in [9.17, 15) is 9.59 Å². The number of hydrogen-bond donors (Lipinski definition) is 4. The van der Waals surface area contributed by atoms with Gasteiger partial charge in [0.05, 0.1) is 13.2 Å². The zero-order chi connectivity index (χ0) is 13.8. The first-order valence-corrected chi connectivity index (χ1v) is 4.31. The highest BCUT2D eigenvalue weighted by Gasteiger charge is 2.12. The van der Waals surface area contributed by atoms with Crippen LogP contribution in [0, 0.1) is 0 Å². The molecule has 0 aliphatic rings. The van der Waals surface area contributed by atoms with Crippen molar-refractivity contribution in [2.45, 2.75) is 0 Å². The molecule has 0 amide bonds. The van der Waals surface area contributed by atoms with Crippen LogP contribution in [0.15, 0.2) is 29.7 Å². The molecule has 0 aliphatic carbocycles. The molecule has 1 aromatic heterocycles. The van der Waals surface area contributed by atoms with Crippen LogP contribution in [0.1, 0.15) is 21.1 Å². The largest absolute Gasteiger partial charge is 0.475 e. The lowest BCUT2D eigenvalue weighted by molar-refractivity contribution is 0.0631. The molecule has 1 heterocycles. The fourth-order valence-electron chi connectivity index (χ4n) is 0.568. The average Bonchev–Trinajstić information content (AvgIpc) is 2.81. The number of carboxylic acids is 2. The lowest BCUT2D eigenvalue weighted by Gasteiger charge is -1.84. The Hall–Kier alpha value is -2.12. The molecule has 0 unspecified atom stereocenters. The van der Waals surface area contributed by atoms with E-state index < -0.39 is 11.9 Å². The fourth-order valence-corrected chi connectivity index (χ4v) is 0.568. The molecule has 0 aliphatic heterocycles. The van der Waals surface area contributed by atoms with Crippen LogP contribution in [0.4, 0.5) is 0 Å². The van der Waals surface area contributed by atoms with Crippen molar-refractivity contribution in [2.75, 3.05) is 13.2 Å². The highest BCUT2D eigenvalue weighted by atomic mass is 16.4. The molecule has 0 saturated carbocycles. The molecule has 1 aromatic rings. The molecule has 0 fully saturated rings. The van der Waals surface area contributed by atoms with E-state index in [0.717, 1.165) is 12.1 Å². The van der Waals surface area contributed by atoms with Crippen LogP contribution in [0.25, 0.3) is 0 Å². The third kappa shape index (κ3) is 7.77. The van der Waals surface area contributed by atoms with Gasteiger partial charge in [0.15, 0.2) is 0 Å².